The number of hydrogen-bond donors (Lipinski definition) is 2. The Bertz CT molecular complexity index is 668. The minimum Gasteiger partial charge on any atom is -0.479 e. The van der Waals surface area contributed by atoms with Gasteiger partial charge in [-0.3, -0.25) is 4.79 Å². The van der Waals surface area contributed by atoms with Gasteiger partial charge in [-0.25, -0.2) is 4.79 Å². The summed E-state index contributed by atoms with van der Waals surface area (Å²) in [6, 6.07) is 13.0. The van der Waals surface area contributed by atoms with Crippen molar-refractivity contribution >= 4 is 29.2 Å². The summed E-state index contributed by atoms with van der Waals surface area (Å²) in [5.74, 6) is -0.942. The molecule has 0 radical (unpaired) electrons. The molecule has 0 aliphatic carbocycles. The van der Waals surface area contributed by atoms with Gasteiger partial charge in [0.05, 0.1) is 0 Å². The van der Waals surface area contributed by atoms with Gasteiger partial charge in [0.1, 0.15) is 5.75 Å². The predicted octanol–water partition coefficient (Wildman–Crippen LogP) is 3.44. The van der Waals surface area contributed by atoms with Crippen LogP contribution >= 0.6 is 11.6 Å². The van der Waals surface area contributed by atoms with Crippen LogP contribution < -0.4 is 10.1 Å². The van der Waals surface area contributed by atoms with E-state index in [4.69, 9.17) is 21.4 Å². The summed E-state index contributed by atoms with van der Waals surface area (Å²) < 4.78 is 5.20. The van der Waals surface area contributed by atoms with E-state index < -0.39 is 12.1 Å². The number of carboxylic acid groups (broad SMARTS) is 1. The molecule has 6 heteroatoms. The summed E-state index contributed by atoms with van der Waals surface area (Å²) in [4.78, 5) is 22.8. The van der Waals surface area contributed by atoms with E-state index >= 15 is 0 Å². The van der Waals surface area contributed by atoms with Crippen molar-refractivity contribution in [2.45, 2.75) is 13.0 Å². The van der Waals surface area contributed by atoms with Crippen molar-refractivity contribution in [2.24, 2.45) is 0 Å². The van der Waals surface area contributed by atoms with Crippen molar-refractivity contribution in [3.8, 4) is 5.75 Å². The third-order valence-corrected chi connectivity index (χ3v) is 3.13. The van der Waals surface area contributed by atoms with Gasteiger partial charge in [-0.1, -0.05) is 11.6 Å². The predicted molar refractivity (Wildman–Crippen MR) is 83.6 cm³/mol. The average Bonchev–Trinajstić information content (AvgIpc) is 2.50. The zero-order chi connectivity index (χ0) is 16.1. The highest BCUT2D eigenvalue weighted by Crippen LogP contribution is 2.17. The molecule has 0 saturated heterocycles. The number of hydrogen-bond acceptors (Lipinski definition) is 3. The van der Waals surface area contributed by atoms with Gasteiger partial charge in [0.25, 0.3) is 5.91 Å². The highest BCUT2D eigenvalue weighted by atomic mass is 35.5. The van der Waals surface area contributed by atoms with Crippen molar-refractivity contribution in [1.29, 1.82) is 0 Å². The van der Waals surface area contributed by atoms with Crippen LogP contribution in [0.5, 0.6) is 5.75 Å². The van der Waals surface area contributed by atoms with Crippen LogP contribution in [-0.4, -0.2) is 23.1 Å². The third-order valence-electron chi connectivity index (χ3n) is 2.88. The minimum absolute atomic E-state index is 0.278. The number of rotatable bonds is 5. The van der Waals surface area contributed by atoms with Crippen molar-refractivity contribution in [3.05, 3.63) is 59.1 Å². The molecular weight excluding hydrogens is 306 g/mol. The zero-order valence-corrected chi connectivity index (χ0v) is 12.5. The maximum atomic E-state index is 12.1. The molecule has 5 nitrogen and oxygen atoms in total. The SMILES string of the molecule is CC(Oc1ccc(C(=O)Nc2ccc(Cl)cc2)cc1)C(=O)O. The Morgan fingerprint density at radius 1 is 1.09 bits per heavy atom. The lowest BCUT2D eigenvalue weighted by atomic mass is 10.2. The van der Waals surface area contributed by atoms with Crippen molar-refractivity contribution in [3.63, 3.8) is 0 Å². The number of carbonyl (C=O) groups is 2. The van der Waals surface area contributed by atoms with Crippen LogP contribution in [0.3, 0.4) is 0 Å². The highest BCUT2D eigenvalue weighted by Gasteiger charge is 2.13. The van der Waals surface area contributed by atoms with E-state index in [1.165, 1.54) is 6.92 Å². The van der Waals surface area contributed by atoms with Gasteiger partial charge in [-0.2, -0.15) is 0 Å². The first-order valence-electron chi connectivity index (χ1n) is 6.52. The average molecular weight is 320 g/mol. The molecule has 0 aromatic heterocycles. The molecule has 2 aromatic rings. The Morgan fingerprint density at radius 2 is 1.68 bits per heavy atom. The number of aliphatic carboxylic acids is 1. The highest BCUT2D eigenvalue weighted by molar-refractivity contribution is 6.30. The largest absolute Gasteiger partial charge is 0.479 e. The first-order chi connectivity index (χ1) is 10.5. The fourth-order valence-electron chi connectivity index (χ4n) is 1.68. The van der Waals surface area contributed by atoms with Crippen LogP contribution in [0.15, 0.2) is 48.5 Å². The van der Waals surface area contributed by atoms with Crippen LogP contribution in [0.25, 0.3) is 0 Å². The summed E-state index contributed by atoms with van der Waals surface area (Å²) in [6.07, 6.45) is -0.950. The topological polar surface area (TPSA) is 75.6 Å². The number of benzene rings is 2. The molecule has 0 bridgehead atoms. The van der Waals surface area contributed by atoms with E-state index in [0.29, 0.717) is 22.0 Å². The molecule has 2 aromatic carbocycles. The van der Waals surface area contributed by atoms with Gasteiger partial charge in [-0.05, 0) is 55.5 Å². The number of ether oxygens (including phenoxy) is 1. The molecule has 0 aliphatic heterocycles. The molecule has 2 rings (SSSR count). The number of carboxylic acids is 1. The molecule has 1 atom stereocenters. The number of halogens is 1. The van der Waals surface area contributed by atoms with E-state index in [1.807, 2.05) is 0 Å². The smallest absolute Gasteiger partial charge is 0.344 e. The Balaban J connectivity index is 2.01. The lowest BCUT2D eigenvalue weighted by Crippen LogP contribution is -2.22. The molecule has 114 valence electrons. The Labute approximate surface area is 132 Å². The van der Waals surface area contributed by atoms with Crippen molar-refractivity contribution in [2.75, 3.05) is 5.32 Å². The van der Waals surface area contributed by atoms with E-state index in [0.717, 1.165) is 0 Å². The van der Waals surface area contributed by atoms with Crippen molar-refractivity contribution < 1.29 is 19.4 Å². The second-order valence-electron chi connectivity index (χ2n) is 4.58. The minimum atomic E-state index is -1.05. The molecule has 0 aliphatic rings. The lowest BCUT2D eigenvalue weighted by molar-refractivity contribution is -0.144. The first-order valence-corrected chi connectivity index (χ1v) is 6.90. The van der Waals surface area contributed by atoms with Crippen LogP contribution in [0.1, 0.15) is 17.3 Å². The second kappa shape index (κ2) is 6.95. The standard InChI is InChI=1S/C16H14ClNO4/c1-10(16(20)21)22-14-8-2-11(3-9-14)15(19)18-13-6-4-12(17)5-7-13/h2-10H,1H3,(H,18,19)(H,20,21). The van der Waals surface area contributed by atoms with Crippen molar-refractivity contribution in [1.82, 2.24) is 0 Å². The lowest BCUT2D eigenvalue weighted by Gasteiger charge is -2.11. The Kier molecular flexibility index (Phi) is 5.01. The van der Waals surface area contributed by atoms with Crippen LogP contribution in [0.2, 0.25) is 5.02 Å². The molecule has 0 fully saturated rings. The van der Waals surface area contributed by atoms with Gasteiger partial charge in [0.15, 0.2) is 6.10 Å². The van der Waals surface area contributed by atoms with Gasteiger partial charge >= 0.3 is 5.97 Å². The maximum Gasteiger partial charge on any atom is 0.344 e. The van der Waals surface area contributed by atoms with Crippen LogP contribution in [0.4, 0.5) is 5.69 Å². The normalized spacial score (nSPS) is 11.5. The van der Waals surface area contributed by atoms with E-state index in [9.17, 15) is 9.59 Å². The zero-order valence-electron chi connectivity index (χ0n) is 11.7. The van der Waals surface area contributed by atoms with E-state index in [-0.39, 0.29) is 5.91 Å². The first kappa shape index (κ1) is 15.9. The Hall–Kier alpha value is -2.53. The van der Waals surface area contributed by atoms with Gasteiger partial charge in [0.2, 0.25) is 0 Å². The molecule has 0 saturated carbocycles. The molecule has 0 heterocycles. The maximum absolute atomic E-state index is 12.1. The summed E-state index contributed by atoms with van der Waals surface area (Å²) in [7, 11) is 0. The molecule has 0 spiro atoms. The van der Waals surface area contributed by atoms with E-state index in [2.05, 4.69) is 5.32 Å². The number of carbonyl (C=O) groups excluding carboxylic acids is 1. The van der Waals surface area contributed by atoms with Gasteiger partial charge in [0, 0.05) is 16.3 Å². The number of nitrogens with one attached hydrogen (secondary N) is 1. The third kappa shape index (κ3) is 4.23. The summed E-state index contributed by atoms with van der Waals surface area (Å²) >= 11 is 5.78. The summed E-state index contributed by atoms with van der Waals surface area (Å²) in [5, 5.41) is 12.1. The monoisotopic (exact) mass is 319 g/mol. The fourth-order valence-corrected chi connectivity index (χ4v) is 1.80. The molecule has 22 heavy (non-hydrogen) atoms. The van der Waals surface area contributed by atoms with Crippen LogP contribution in [0, 0.1) is 0 Å². The fraction of sp³-hybridized carbons (Fsp3) is 0.125. The second-order valence-corrected chi connectivity index (χ2v) is 5.02. The Morgan fingerprint density at radius 3 is 2.23 bits per heavy atom. The summed E-state index contributed by atoms with van der Waals surface area (Å²) in [6.45, 7) is 1.43. The van der Waals surface area contributed by atoms with Gasteiger partial charge < -0.3 is 15.2 Å². The number of anilines is 1. The van der Waals surface area contributed by atoms with E-state index in [1.54, 1.807) is 48.5 Å². The van der Waals surface area contributed by atoms with Gasteiger partial charge in [-0.15, -0.1) is 0 Å². The summed E-state index contributed by atoms with van der Waals surface area (Å²) in [5.41, 5.74) is 1.07. The molecule has 1 unspecified atom stereocenters. The van der Waals surface area contributed by atoms with Crippen LogP contribution in [-0.2, 0) is 4.79 Å². The molecule has 2 N–H and O–H groups in total. The quantitative estimate of drug-likeness (QED) is 0.885. The molecular formula is C16H14ClNO4. The number of amides is 1. The molecule has 1 amide bonds.